The Morgan fingerprint density at radius 3 is 2.40 bits per heavy atom. The standard InChI is InChI=1S/C15H24N4O/c1-17(2)8-9-18-10-12-19(13-11-18)15(20)16-14-6-4-3-5-7-14/h3-7H,8-13H2,1-2H3,(H,16,20). The molecule has 110 valence electrons. The SMILES string of the molecule is CN(C)CCN1CCN(C(=O)Nc2ccccc2)CC1. The summed E-state index contributed by atoms with van der Waals surface area (Å²) in [5, 5.41) is 2.94. The molecular formula is C15H24N4O. The van der Waals surface area contributed by atoms with Gasteiger partial charge in [0.05, 0.1) is 0 Å². The summed E-state index contributed by atoms with van der Waals surface area (Å²) in [4.78, 5) is 18.6. The zero-order valence-electron chi connectivity index (χ0n) is 12.4. The fourth-order valence-corrected chi connectivity index (χ4v) is 2.24. The van der Waals surface area contributed by atoms with E-state index >= 15 is 0 Å². The van der Waals surface area contributed by atoms with Crippen molar-refractivity contribution in [1.82, 2.24) is 14.7 Å². The second kappa shape index (κ2) is 7.26. The zero-order valence-corrected chi connectivity index (χ0v) is 12.4. The lowest BCUT2D eigenvalue weighted by Crippen LogP contribution is -2.51. The summed E-state index contributed by atoms with van der Waals surface area (Å²) < 4.78 is 0. The van der Waals surface area contributed by atoms with E-state index in [0.717, 1.165) is 45.0 Å². The van der Waals surface area contributed by atoms with Crippen LogP contribution >= 0.6 is 0 Å². The molecule has 2 rings (SSSR count). The van der Waals surface area contributed by atoms with Crippen LogP contribution in [0.3, 0.4) is 0 Å². The van der Waals surface area contributed by atoms with Crippen LogP contribution in [-0.2, 0) is 0 Å². The van der Waals surface area contributed by atoms with E-state index in [1.807, 2.05) is 35.2 Å². The molecule has 0 atom stereocenters. The van der Waals surface area contributed by atoms with Crippen LogP contribution in [0.25, 0.3) is 0 Å². The number of piperazine rings is 1. The highest BCUT2D eigenvalue weighted by molar-refractivity contribution is 5.89. The number of likely N-dealkylation sites (N-methyl/N-ethyl adjacent to an activating group) is 1. The fraction of sp³-hybridized carbons (Fsp3) is 0.533. The Balaban J connectivity index is 1.74. The molecule has 1 N–H and O–H groups in total. The molecule has 5 heteroatoms. The van der Waals surface area contributed by atoms with Crippen molar-refractivity contribution in [2.24, 2.45) is 0 Å². The Hall–Kier alpha value is -1.59. The number of carbonyl (C=O) groups excluding carboxylic acids is 1. The molecule has 1 aromatic carbocycles. The third-order valence-corrected chi connectivity index (χ3v) is 3.55. The number of anilines is 1. The summed E-state index contributed by atoms with van der Waals surface area (Å²) >= 11 is 0. The van der Waals surface area contributed by atoms with Gasteiger partial charge in [-0.1, -0.05) is 18.2 Å². The van der Waals surface area contributed by atoms with Gasteiger partial charge in [-0.3, -0.25) is 4.90 Å². The second-order valence-electron chi connectivity index (χ2n) is 5.43. The highest BCUT2D eigenvalue weighted by Gasteiger charge is 2.20. The van der Waals surface area contributed by atoms with Crippen molar-refractivity contribution in [3.63, 3.8) is 0 Å². The van der Waals surface area contributed by atoms with E-state index < -0.39 is 0 Å². The van der Waals surface area contributed by atoms with E-state index in [4.69, 9.17) is 0 Å². The normalized spacial score (nSPS) is 16.4. The maximum Gasteiger partial charge on any atom is 0.321 e. The summed E-state index contributed by atoms with van der Waals surface area (Å²) in [6.07, 6.45) is 0. The highest BCUT2D eigenvalue weighted by atomic mass is 16.2. The van der Waals surface area contributed by atoms with Crippen molar-refractivity contribution >= 4 is 11.7 Å². The molecule has 0 aliphatic carbocycles. The molecule has 1 heterocycles. The molecule has 1 aromatic rings. The molecule has 1 aliphatic rings. The van der Waals surface area contributed by atoms with Crippen molar-refractivity contribution < 1.29 is 4.79 Å². The van der Waals surface area contributed by atoms with Gasteiger partial charge in [0.25, 0.3) is 0 Å². The first kappa shape index (κ1) is 14.8. The second-order valence-corrected chi connectivity index (χ2v) is 5.43. The third kappa shape index (κ3) is 4.51. The Bertz CT molecular complexity index is 413. The number of amides is 2. The van der Waals surface area contributed by atoms with E-state index in [9.17, 15) is 4.79 Å². The average molecular weight is 276 g/mol. The van der Waals surface area contributed by atoms with E-state index in [2.05, 4.69) is 29.2 Å². The van der Waals surface area contributed by atoms with Gasteiger partial charge in [-0.25, -0.2) is 4.79 Å². The van der Waals surface area contributed by atoms with Gasteiger partial charge in [-0.2, -0.15) is 0 Å². The van der Waals surface area contributed by atoms with Gasteiger partial charge >= 0.3 is 6.03 Å². The van der Waals surface area contributed by atoms with E-state index in [1.165, 1.54) is 0 Å². The van der Waals surface area contributed by atoms with Crippen LogP contribution in [0.5, 0.6) is 0 Å². The third-order valence-electron chi connectivity index (χ3n) is 3.55. The Labute approximate surface area is 121 Å². The van der Waals surface area contributed by atoms with Crippen molar-refractivity contribution in [2.45, 2.75) is 0 Å². The van der Waals surface area contributed by atoms with Crippen molar-refractivity contribution in [3.05, 3.63) is 30.3 Å². The Morgan fingerprint density at radius 1 is 1.15 bits per heavy atom. The molecule has 0 spiro atoms. The number of hydrogen-bond donors (Lipinski definition) is 1. The molecule has 0 unspecified atom stereocenters. The maximum absolute atomic E-state index is 12.1. The summed E-state index contributed by atoms with van der Waals surface area (Å²) in [6.45, 7) is 5.64. The number of carbonyl (C=O) groups is 1. The smallest absolute Gasteiger partial charge is 0.321 e. The van der Waals surface area contributed by atoms with E-state index in [1.54, 1.807) is 0 Å². The minimum atomic E-state index is 0.00320. The summed E-state index contributed by atoms with van der Waals surface area (Å²) in [6, 6.07) is 9.61. The number of urea groups is 1. The van der Waals surface area contributed by atoms with E-state index in [0.29, 0.717) is 0 Å². The maximum atomic E-state index is 12.1. The Morgan fingerprint density at radius 2 is 1.80 bits per heavy atom. The fourth-order valence-electron chi connectivity index (χ4n) is 2.24. The topological polar surface area (TPSA) is 38.8 Å². The zero-order chi connectivity index (χ0) is 14.4. The number of rotatable bonds is 4. The minimum Gasteiger partial charge on any atom is -0.322 e. The average Bonchev–Trinajstić information content (AvgIpc) is 2.46. The molecule has 0 bridgehead atoms. The highest BCUT2D eigenvalue weighted by Crippen LogP contribution is 2.08. The largest absolute Gasteiger partial charge is 0.322 e. The van der Waals surface area contributed by atoms with Crippen LogP contribution in [0.15, 0.2) is 30.3 Å². The number of para-hydroxylation sites is 1. The first-order valence-corrected chi connectivity index (χ1v) is 7.13. The van der Waals surface area contributed by atoms with Crippen molar-refractivity contribution in [1.29, 1.82) is 0 Å². The summed E-state index contributed by atoms with van der Waals surface area (Å²) in [5.74, 6) is 0. The first-order chi connectivity index (χ1) is 9.65. The number of hydrogen-bond acceptors (Lipinski definition) is 3. The predicted molar refractivity (Wildman–Crippen MR) is 82.0 cm³/mol. The number of benzene rings is 1. The molecule has 0 aromatic heterocycles. The molecule has 0 saturated carbocycles. The molecule has 0 radical (unpaired) electrons. The molecule has 20 heavy (non-hydrogen) atoms. The van der Waals surface area contributed by atoms with Crippen molar-refractivity contribution in [2.75, 3.05) is 58.7 Å². The van der Waals surface area contributed by atoms with Crippen LogP contribution in [0.4, 0.5) is 10.5 Å². The van der Waals surface area contributed by atoms with Crippen LogP contribution < -0.4 is 5.32 Å². The lowest BCUT2D eigenvalue weighted by molar-refractivity contribution is 0.140. The monoisotopic (exact) mass is 276 g/mol. The molecule has 1 fully saturated rings. The van der Waals surface area contributed by atoms with Crippen molar-refractivity contribution in [3.8, 4) is 0 Å². The number of nitrogens with zero attached hydrogens (tertiary/aromatic N) is 3. The molecule has 1 saturated heterocycles. The van der Waals surface area contributed by atoms with Gasteiger partial charge in [-0.15, -0.1) is 0 Å². The van der Waals surface area contributed by atoms with E-state index in [-0.39, 0.29) is 6.03 Å². The molecule has 5 nitrogen and oxygen atoms in total. The predicted octanol–water partition coefficient (Wildman–Crippen LogP) is 1.40. The lowest BCUT2D eigenvalue weighted by atomic mass is 10.3. The minimum absolute atomic E-state index is 0.00320. The lowest BCUT2D eigenvalue weighted by Gasteiger charge is -2.35. The molecular weight excluding hydrogens is 252 g/mol. The van der Waals surface area contributed by atoms with Gasteiger partial charge in [0.1, 0.15) is 0 Å². The van der Waals surface area contributed by atoms with Crippen LogP contribution in [0, 0.1) is 0 Å². The Kier molecular flexibility index (Phi) is 5.38. The van der Waals surface area contributed by atoms with Crippen LogP contribution in [-0.4, -0.2) is 74.1 Å². The van der Waals surface area contributed by atoms with Gasteiger partial charge in [-0.05, 0) is 26.2 Å². The van der Waals surface area contributed by atoms with Gasteiger partial charge in [0.2, 0.25) is 0 Å². The molecule has 2 amide bonds. The quantitative estimate of drug-likeness (QED) is 0.903. The van der Waals surface area contributed by atoms with Crippen LogP contribution in [0.2, 0.25) is 0 Å². The van der Waals surface area contributed by atoms with Gasteiger partial charge in [0, 0.05) is 45.0 Å². The van der Waals surface area contributed by atoms with Gasteiger partial charge < -0.3 is 15.1 Å². The first-order valence-electron chi connectivity index (χ1n) is 7.13. The number of nitrogens with one attached hydrogen (secondary N) is 1. The molecule has 1 aliphatic heterocycles. The summed E-state index contributed by atoms with van der Waals surface area (Å²) in [5.41, 5.74) is 0.854. The van der Waals surface area contributed by atoms with Crippen LogP contribution in [0.1, 0.15) is 0 Å². The summed E-state index contributed by atoms with van der Waals surface area (Å²) in [7, 11) is 4.17. The van der Waals surface area contributed by atoms with Gasteiger partial charge in [0.15, 0.2) is 0 Å².